The molecule has 0 radical (unpaired) electrons. The Morgan fingerprint density at radius 3 is 2.45 bits per heavy atom. The molecule has 1 aromatic heterocycles. The zero-order valence-electron chi connectivity index (χ0n) is 16.8. The number of allylic oxidation sites excluding steroid dienone is 1. The van der Waals surface area contributed by atoms with E-state index in [4.69, 9.17) is 8.92 Å². The summed E-state index contributed by atoms with van der Waals surface area (Å²) in [5.41, 5.74) is 3.66. The summed E-state index contributed by atoms with van der Waals surface area (Å²) in [6.45, 7) is 8.46. The smallest absolute Gasteiger partial charge is 0.301 e. The monoisotopic (exact) mass is 414 g/mol. The fourth-order valence-corrected chi connectivity index (χ4v) is 3.90. The Kier molecular flexibility index (Phi) is 6.71. The third-order valence-electron chi connectivity index (χ3n) is 4.48. The van der Waals surface area contributed by atoms with Crippen LogP contribution in [0.4, 0.5) is 0 Å². The molecular weight excluding hydrogens is 388 g/mol. The van der Waals surface area contributed by atoms with Gasteiger partial charge in [0.15, 0.2) is 0 Å². The summed E-state index contributed by atoms with van der Waals surface area (Å²) in [7, 11) is -3.70. The number of hydrogen-bond acceptors (Lipinski definition) is 5. The Morgan fingerprint density at radius 1 is 1.03 bits per heavy atom. The second-order valence-electron chi connectivity index (χ2n) is 6.95. The fourth-order valence-electron chi connectivity index (χ4n) is 2.96. The molecule has 1 heterocycles. The minimum atomic E-state index is -3.70. The van der Waals surface area contributed by atoms with Crippen LogP contribution >= 0.6 is 0 Å². The van der Waals surface area contributed by atoms with Gasteiger partial charge in [-0.25, -0.2) is 0 Å². The van der Waals surface area contributed by atoms with Crippen molar-refractivity contribution in [2.24, 2.45) is 0 Å². The van der Waals surface area contributed by atoms with Gasteiger partial charge in [0, 0.05) is 5.70 Å². The average molecular weight is 415 g/mol. The highest BCUT2D eigenvalue weighted by Gasteiger charge is 2.14. The van der Waals surface area contributed by atoms with Gasteiger partial charge in [-0.3, -0.25) is 8.75 Å². The number of aryl methyl sites for hydroxylation is 1. The SMILES string of the molecule is C=C(C)n1c(OCCCCCOS(=O)(=O)c2ccc(C)cc2)nc2ccccc21. The quantitative estimate of drug-likeness (QED) is 0.352. The van der Waals surface area contributed by atoms with E-state index in [1.54, 1.807) is 24.3 Å². The van der Waals surface area contributed by atoms with Crippen LogP contribution in [0, 0.1) is 6.92 Å². The van der Waals surface area contributed by atoms with Crippen LogP contribution in [0.25, 0.3) is 16.7 Å². The van der Waals surface area contributed by atoms with Gasteiger partial charge in [0.05, 0.1) is 29.1 Å². The first kappa shape index (κ1) is 21.1. The minimum absolute atomic E-state index is 0.153. The van der Waals surface area contributed by atoms with Crippen molar-refractivity contribution in [2.45, 2.75) is 38.0 Å². The van der Waals surface area contributed by atoms with Crippen molar-refractivity contribution in [1.82, 2.24) is 9.55 Å². The lowest BCUT2D eigenvalue weighted by atomic mass is 10.2. The third kappa shape index (κ3) is 5.25. The number of nitrogens with zero attached hydrogens (tertiary/aromatic N) is 2. The van der Waals surface area contributed by atoms with Gasteiger partial charge in [0.1, 0.15) is 0 Å². The van der Waals surface area contributed by atoms with E-state index < -0.39 is 10.1 Å². The Hall–Kier alpha value is -2.64. The number of hydrogen-bond donors (Lipinski definition) is 0. The lowest BCUT2D eigenvalue weighted by Crippen LogP contribution is -2.08. The standard InChI is InChI=1S/C22H26N2O4S/c1-17(2)24-21-10-6-5-9-20(21)23-22(24)27-15-7-4-8-16-28-29(25,26)19-13-11-18(3)12-14-19/h5-6,9-14H,1,4,7-8,15-16H2,2-3H3. The van der Waals surface area contributed by atoms with Crippen LogP contribution in [-0.4, -0.2) is 31.2 Å². The molecule has 154 valence electrons. The van der Waals surface area contributed by atoms with Gasteiger partial charge < -0.3 is 4.74 Å². The zero-order valence-corrected chi connectivity index (χ0v) is 17.6. The number of ether oxygens (including phenoxy) is 1. The van der Waals surface area contributed by atoms with Crippen molar-refractivity contribution in [2.75, 3.05) is 13.2 Å². The summed E-state index contributed by atoms with van der Waals surface area (Å²) in [5, 5.41) is 0. The summed E-state index contributed by atoms with van der Waals surface area (Å²) in [4.78, 5) is 4.70. The molecule has 3 aromatic rings. The topological polar surface area (TPSA) is 70.4 Å². The molecule has 0 spiro atoms. The summed E-state index contributed by atoms with van der Waals surface area (Å²) >= 11 is 0. The first-order chi connectivity index (χ1) is 13.9. The molecule has 3 rings (SSSR count). The zero-order chi connectivity index (χ0) is 20.9. The van der Waals surface area contributed by atoms with Crippen LogP contribution in [0.3, 0.4) is 0 Å². The molecule has 29 heavy (non-hydrogen) atoms. The normalized spacial score (nSPS) is 11.7. The molecule has 0 bridgehead atoms. The Morgan fingerprint density at radius 2 is 1.72 bits per heavy atom. The first-order valence-corrected chi connectivity index (χ1v) is 11.0. The van der Waals surface area contributed by atoms with E-state index >= 15 is 0 Å². The highest BCUT2D eigenvalue weighted by atomic mass is 32.2. The van der Waals surface area contributed by atoms with E-state index in [1.165, 1.54) is 0 Å². The van der Waals surface area contributed by atoms with Gasteiger partial charge in [0.2, 0.25) is 0 Å². The molecule has 0 aliphatic carbocycles. The molecule has 7 heteroatoms. The molecule has 2 aromatic carbocycles. The van der Waals surface area contributed by atoms with Crippen LogP contribution in [0.5, 0.6) is 6.01 Å². The van der Waals surface area contributed by atoms with E-state index in [0.717, 1.165) is 35.1 Å². The van der Waals surface area contributed by atoms with Gasteiger partial charge in [-0.05, 0) is 57.4 Å². The molecule has 0 saturated heterocycles. The van der Waals surface area contributed by atoms with Gasteiger partial charge in [-0.2, -0.15) is 13.4 Å². The molecular formula is C22H26N2O4S. The Balaban J connectivity index is 1.44. The molecule has 6 nitrogen and oxygen atoms in total. The van der Waals surface area contributed by atoms with E-state index in [1.807, 2.05) is 42.7 Å². The van der Waals surface area contributed by atoms with Gasteiger partial charge >= 0.3 is 6.01 Å². The van der Waals surface area contributed by atoms with Crippen molar-refractivity contribution < 1.29 is 17.3 Å². The Labute approximate surface area is 171 Å². The number of fused-ring (bicyclic) bond motifs is 1. The van der Waals surface area contributed by atoms with Crippen molar-refractivity contribution in [1.29, 1.82) is 0 Å². The number of para-hydroxylation sites is 2. The predicted octanol–water partition coefficient (Wildman–Crippen LogP) is 4.79. The second-order valence-corrected chi connectivity index (χ2v) is 8.57. The summed E-state index contributed by atoms with van der Waals surface area (Å²) in [6, 6.07) is 15.0. The number of benzene rings is 2. The van der Waals surface area contributed by atoms with Crippen molar-refractivity contribution in [3.05, 3.63) is 60.7 Å². The van der Waals surface area contributed by atoms with Crippen LogP contribution in [0.15, 0.2) is 60.0 Å². The maximum Gasteiger partial charge on any atom is 0.301 e. The molecule has 0 unspecified atom stereocenters. The van der Waals surface area contributed by atoms with Crippen LogP contribution in [-0.2, 0) is 14.3 Å². The largest absolute Gasteiger partial charge is 0.464 e. The first-order valence-electron chi connectivity index (χ1n) is 9.61. The van der Waals surface area contributed by atoms with E-state index in [2.05, 4.69) is 11.6 Å². The molecule has 0 amide bonds. The molecule has 0 N–H and O–H groups in total. The highest BCUT2D eigenvalue weighted by Crippen LogP contribution is 2.24. The number of aromatic nitrogens is 2. The van der Waals surface area contributed by atoms with Gasteiger partial charge in [-0.15, -0.1) is 0 Å². The molecule has 0 aliphatic heterocycles. The maximum atomic E-state index is 12.1. The fraction of sp³-hybridized carbons (Fsp3) is 0.318. The number of rotatable bonds is 10. The van der Waals surface area contributed by atoms with Crippen molar-refractivity contribution >= 4 is 26.8 Å². The summed E-state index contributed by atoms with van der Waals surface area (Å²) < 4.78 is 37.1. The molecule has 0 saturated carbocycles. The lowest BCUT2D eigenvalue weighted by molar-refractivity contribution is 0.267. The summed E-state index contributed by atoms with van der Waals surface area (Å²) in [5.74, 6) is 0. The van der Waals surface area contributed by atoms with Crippen LogP contribution in [0.1, 0.15) is 31.7 Å². The van der Waals surface area contributed by atoms with E-state index in [0.29, 0.717) is 19.0 Å². The average Bonchev–Trinajstić information content (AvgIpc) is 3.06. The van der Waals surface area contributed by atoms with Crippen molar-refractivity contribution in [3.8, 4) is 6.01 Å². The Bertz CT molecular complexity index is 1090. The van der Waals surface area contributed by atoms with Crippen LogP contribution < -0.4 is 4.74 Å². The van der Waals surface area contributed by atoms with E-state index in [9.17, 15) is 8.42 Å². The van der Waals surface area contributed by atoms with Gasteiger partial charge in [-0.1, -0.05) is 36.4 Å². The summed E-state index contributed by atoms with van der Waals surface area (Å²) in [6.07, 6.45) is 2.19. The molecule has 0 atom stereocenters. The van der Waals surface area contributed by atoms with Crippen LogP contribution in [0.2, 0.25) is 0 Å². The van der Waals surface area contributed by atoms with Crippen molar-refractivity contribution in [3.63, 3.8) is 0 Å². The lowest BCUT2D eigenvalue weighted by Gasteiger charge is -2.09. The molecule has 0 aliphatic rings. The highest BCUT2D eigenvalue weighted by molar-refractivity contribution is 7.86. The predicted molar refractivity (Wildman–Crippen MR) is 114 cm³/mol. The minimum Gasteiger partial charge on any atom is -0.464 e. The number of unbranched alkanes of at least 4 members (excludes halogenated alkanes) is 2. The third-order valence-corrected chi connectivity index (χ3v) is 5.81. The number of imidazole rings is 1. The van der Waals surface area contributed by atoms with Gasteiger partial charge in [0.25, 0.3) is 10.1 Å². The maximum absolute atomic E-state index is 12.1. The van der Waals surface area contributed by atoms with E-state index in [-0.39, 0.29) is 11.5 Å². The molecule has 0 fully saturated rings. The second kappa shape index (κ2) is 9.24.